The maximum absolute atomic E-state index is 12.6. The van der Waals surface area contributed by atoms with Gasteiger partial charge in [-0.2, -0.15) is 0 Å². The summed E-state index contributed by atoms with van der Waals surface area (Å²) in [6, 6.07) is 11.1. The van der Waals surface area contributed by atoms with Crippen molar-refractivity contribution in [3.63, 3.8) is 0 Å². The van der Waals surface area contributed by atoms with Crippen molar-refractivity contribution in [1.29, 1.82) is 0 Å². The molecule has 2 N–H and O–H groups in total. The third kappa shape index (κ3) is 5.46. The summed E-state index contributed by atoms with van der Waals surface area (Å²) in [4.78, 5) is 22.7. The van der Waals surface area contributed by atoms with Crippen LogP contribution in [0.1, 0.15) is 22.4 Å². The van der Waals surface area contributed by atoms with Gasteiger partial charge in [0, 0.05) is 49.8 Å². The van der Waals surface area contributed by atoms with Gasteiger partial charge in [0.25, 0.3) is 0 Å². The highest BCUT2D eigenvalue weighted by Gasteiger charge is 2.24. The lowest BCUT2D eigenvalue weighted by Crippen LogP contribution is -2.48. The molecule has 0 bridgehead atoms. The van der Waals surface area contributed by atoms with Crippen LogP contribution in [0.25, 0.3) is 0 Å². The molecule has 1 atom stereocenters. The van der Waals surface area contributed by atoms with Gasteiger partial charge in [0.1, 0.15) is 0 Å². The van der Waals surface area contributed by atoms with Crippen LogP contribution in [0.5, 0.6) is 0 Å². The molecule has 0 radical (unpaired) electrons. The number of halogens is 1. The lowest BCUT2D eigenvalue weighted by molar-refractivity contribution is -0.130. The zero-order chi connectivity index (χ0) is 20.2. The maximum atomic E-state index is 12.6. The monoisotopic (exact) mass is 539 g/mol. The van der Waals surface area contributed by atoms with E-state index in [1.54, 1.807) is 18.4 Å². The number of carbonyl (C=O) groups is 1. The molecule has 1 fully saturated rings. The van der Waals surface area contributed by atoms with Crippen molar-refractivity contribution in [3.05, 3.63) is 51.7 Å². The normalized spacial score (nSPS) is 18.6. The van der Waals surface area contributed by atoms with Crippen LogP contribution in [0, 0.1) is 6.92 Å². The number of aryl methyl sites for hydroxylation is 1. The third-order valence-electron chi connectivity index (χ3n) is 5.72. The highest BCUT2D eigenvalue weighted by molar-refractivity contribution is 14.0. The largest absolute Gasteiger partial charge is 0.369 e. The number of nitrogens with zero attached hydrogens (tertiary/aromatic N) is 3. The summed E-state index contributed by atoms with van der Waals surface area (Å²) >= 11 is 1.79. The number of nitrogens with one attached hydrogen (secondary N) is 2. The molecule has 1 unspecified atom stereocenters. The minimum Gasteiger partial charge on any atom is -0.369 e. The quantitative estimate of drug-likeness (QED) is 0.357. The van der Waals surface area contributed by atoms with E-state index in [4.69, 9.17) is 0 Å². The standard InChI is InChI=1S/C22H29N5OS.HI/c1-16-3-5-19(6-4-16)26-10-7-18(15-26)25-22(23-2)24-13-21(28)27-11-8-20-17(14-27)9-12-29-20;/h3-6,9,12,18H,7-8,10-11,13-15H2,1-2H3,(H2,23,24,25);1H. The number of hydrogen-bond acceptors (Lipinski definition) is 4. The zero-order valence-corrected chi connectivity index (χ0v) is 20.7. The predicted molar refractivity (Wildman–Crippen MR) is 135 cm³/mol. The molecule has 0 saturated carbocycles. The van der Waals surface area contributed by atoms with Gasteiger partial charge in [-0.25, -0.2) is 0 Å². The Labute approximate surface area is 199 Å². The first-order valence-corrected chi connectivity index (χ1v) is 11.1. The molecule has 6 nitrogen and oxygen atoms in total. The molecule has 2 aromatic rings. The first kappa shape index (κ1) is 22.9. The fourth-order valence-corrected chi connectivity index (χ4v) is 4.88. The number of rotatable bonds is 4. The lowest BCUT2D eigenvalue weighted by atomic mass is 10.1. The lowest BCUT2D eigenvalue weighted by Gasteiger charge is -2.27. The van der Waals surface area contributed by atoms with Crippen LogP contribution in [0.15, 0.2) is 40.7 Å². The van der Waals surface area contributed by atoms with E-state index < -0.39 is 0 Å². The number of aliphatic imine (C=N–C) groups is 1. The van der Waals surface area contributed by atoms with Crippen molar-refractivity contribution < 1.29 is 4.79 Å². The number of fused-ring (bicyclic) bond motifs is 1. The number of amides is 1. The van der Waals surface area contributed by atoms with E-state index in [2.05, 4.69) is 63.2 Å². The van der Waals surface area contributed by atoms with E-state index in [0.29, 0.717) is 12.0 Å². The molecule has 0 spiro atoms. The second-order valence-corrected chi connectivity index (χ2v) is 8.77. The Hall–Kier alpha value is -1.81. The van der Waals surface area contributed by atoms with Crippen LogP contribution in [0.3, 0.4) is 0 Å². The van der Waals surface area contributed by atoms with Gasteiger partial charge in [-0.3, -0.25) is 9.79 Å². The average Bonchev–Trinajstić information content (AvgIpc) is 3.40. The number of guanidine groups is 1. The van der Waals surface area contributed by atoms with E-state index in [1.165, 1.54) is 21.7 Å². The van der Waals surface area contributed by atoms with Crippen LogP contribution >= 0.6 is 35.3 Å². The molecule has 2 aliphatic rings. The number of carbonyl (C=O) groups excluding carboxylic acids is 1. The Bertz CT molecular complexity index is 882. The molecule has 1 aromatic heterocycles. The highest BCUT2D eigenvalue weighted by Crippen LogP contribution is 2.24. The molecule has 162 valence electrons. The topological polar surface area (TPSA) is 60.0 Å². The molecule has 30 heavy (non-hydrogen) atoms. The Morgan fingerprint density at radius 2 is 2.03 bits per heavy atom. The van der Waals surface area contributed by atoms with Gasteiger partial charge < -0.3 is 20.4 Å². The van der Waals surface area contributed by atoms with Gasteiger partial charge in [0.15, 0.2) is 5.96 Å². The molecule has 2 aliphatic heterocycles. The fraction of sp³-hybridized carbons (Fsp3) is 0.455. The molecule has 1 aromatic carbocycles. The second-order valence-electron chi connectivity index (χ2n) is 7.77. The summed E-state index contributed by atoms with van der Waals surface area (Å²) in [6.07, 6.45) is 2.01. The van der Waals surface area contributed by atoms with E-state index >= 15 is 0 Å². The average molecular weight is 539 g/mol. The van der Waals surface area contributed by atoms with Gasteiger partial charge in [0.2, 0.25) is 5.91 Å². The first-order valence-electron chi connectivity index (χ1n) is 10.2. The van der Waals surface area contributed by atoms with Crippen molar-refractivity contribution in [1.82, 2.24) is 15.5 Å². The summed E-state index contributed by atoms with van der Waals surface area (Å²) in [7, 11) is 1.75. The summed E-state index contributed by atoms with van der Waals surface area (Å²) in [6.45, 7) is 5.86. The van der Waals surface area contributed by atoms with Crippen molar-refractivity contribution >= 4 is 52.9 Å². The molecule has 8 heteroatoms. The third-order valence-corrected chi connectivity index (χ3v) is 6.74. The van der Waals surface area contributed by atoms with Gasteiger partial charge in [-0.05, 0) is 48.9 Å². The van der Waals surface area contributed by atoms with E-state index in [0.717, 1.165) is 39.0 Å². The van der Waals surface area contributed by atoms with Gasteiger partial charge in [-0.15, -0.1) is 35.3 Å². The molecule has 1 saturated heterocycles. The summed E-state index contributed by atoms with van der Waals surface area (Å²) in [5, 5.41) is 8.79. The summed E-state index contributed by atoms with van der Waals surface area (Å²) < 4.78 is 0. The molecule has 1 amide bonds. The Balaban J connectivity index is 0.00000256. The number of benzene rings is 1. The van der Waals surface area contributed by atoms with Crippen molar-refractivity contribution in [2.24, 2.45) is 4.99 Å². The maximum Gasteiger partial charge on any atom is 0.242 e. The van der Waals surface area contributed by atoms with Gasteiger partial charge >= 0.3 is 0 Å². The molecule has 3 heterocycles. The minimum absolute atomic E-state index is 0. The first-order chi connectivity index (χ1) is 14.1. The Kier molecular flexibility index (Phi) is 7.99. The van der Waals surface area contributed by atoms with Crippen LogP contribution < -0.4 is 15.5 Å². The minimum atomic E-state index is 0. The summed E-state index contributed by atoms with van der Waals surface area (Å²) in [5.74, 6) is 0.819. The summed E-state index contributed by atoms with van der Waals surface area (Å²) in [5.41, 5.74) is 3.83. The Morgan fingerprint density at radius 1 is 1.23 bits per heavy atom. The SMILES string of the molecule is CN=C(NCC(=O)N1CCc2sccc2C1)NC1CCN(c2ccc(C)cc2)C1.I. The predicted octanol–water partition coefficient (Wildman–Crippen LogP) is 3.00. The van der Waals surface area contributed by atoms with Crippen LogP contribution in [0.2, 0.25) is 0 Å². The van der Waals surface area contributed by atoms with E-state index in [1.807, 2.05) is 4.90 Å². The van der Waals surface area contributed by atoms with E-state index in [9.17, 15) is 4.79 Å². The van der Waals surface area contributed by atoms with Gasteiger partial charge in [-0.1, -0.05) is 17.7 Å². The highest BCUT2D eigenvalue weighted by atomic mass is 127. The van der Waals surface area contributed by atoms with Gasteiger partial charge in [0.05, 0.1) is 6.54 Å². The molecular weight excluding hydrogens is 509 g/mol. The van der Waals surface area contributed by atoms with Crippen molar-refractivity contribution in [3.8, 4) is 0 Å². The number of thiophene rings is 1. The zero-order valence-electron chi connectivity index (χ0n) is 17.6. The molecule has 4 rings (SSSR count). The number of anilines is 1. The second kappa shape index (κ2) is 10.5. The fourth-order valence-electron chi connectivity index (χ4n) is 3.99. The van der Waals surface area contributed by atoms with E-state index in [-0.39, 0.29) is 36.4 Å². The van der Waals surface area contributed by atoms with Crippen molar-refractivity contribution in [2.75, 3.05) is 38.1 Å². The Morgan fingerprint density at radius 3 is 2.80 bits per heavy atom. The van der Waals surface area contributed by atoms with Crippen LogP contribution in [0.4, 0.5) is 5.69 Å². The number of hydrogen-bond donors (Lipinski definition) is 2. The van der Waals surface area contributed by atoms with Crippen LogP contribution in [-0.4, -0.2) is 56.0 Å². The molecular formula is C22H30IN5OS. The van der Waals surface area contributed by atoms with Crippen molar-refractivity contribution in [2.45, 2.75) is 32.4 Å². The molecule has 0 aliphatic carbocycles. The van der Waals surface area contributed by atoms with Crippen LogP contribution in [-0.2, 0) is 17.8 Å². The smallest absolute Gasteiger partial charge is 0.242 e.